The van der Waals surface area contributed by atoms with Gasteiger partial charge < -0.3 is 15.2 Å². The fourth-order valence-corrected chi connectivity index (χ4v) is 1.85. The zero-order chi connectivity index (χ0) is 15.0. The molecule has 0 aliphatic rings. The molecule has 0 saturated heterocycles. The first-order valence-corrected chi connectivity index (χ1v) is 6.94. The lowest BCUT2D eigenvalue weighted by atomic mass is 10.0. The second-order valence-electron chi connectivity index (χ2n) is 4.84. The van der Waals surface area contributed by atoms with Crippen molar-refractivity contribution in [1.29, 1.82) is 0 Å². The molecular weight excluding hydrogens is 258 g/mol. The van der Waals surface area contributed by atoms with Gasteiger partial charge in [-0.05, 0) is 32.6 Å². The normalized spacial score (nSPS) is 11.9. The van der Waals surface area contributed by atoms with E-state index < -0.39 is 5.97 Å². The van der Waals surface area contributed by atoms with Crippen LogP contribution in [0.25, 0.3) is 0 Å². The van der Waals surface area contributed by atoms with Gasteiger partial charge in [0.25, 0.3) is 0 Å². The molecule has 1 atom stereocenters. The molecule has 1 heterocycles. The average molecular weight is 281 g/mol. The Hall–Kier alpha value is -1.85. The molecule has 0 saturated carbocycles. The monoisotopic (exact) mass is 281 g/mol. The first-order chi connectivity index (χ1) is 9.54. The SMILES string of the molecule is CCOc1ncnc(NCCC(C)CCC(=O)O)c1C. The maximum atomic E-state index is 10.5. The number of anilines is 1. The molecule has 0 spiro atoms. The van der Waals surface area contributed by atoms with E-state index in [1.165, 1.54) is 6.33 Å². The van der Waals surface area contributed by atoms with Crippen LogP contribution >= 0.6 is 0 Å². The van der Waals surface area contributed by atoms with Crippen LogP contribution in [0, 0.1) is 12.8 Å². The van der Waals surface area contributed by atoms with Gasteiger partial charge in [-0.15, -0.1) is 0 Å². The van der Waals surface area contributed by atoms with E-state index in [-0.39, 0.29) is 6.42 Å². The molecule has 6 nitrogen and oxygen atoms in total. The first-order valence-electron chi connectivity index (χ1n) is 6.94. The minimum Gasteiger partial charge on any atom is -0.481 e. The number of aliphatic carboxylic acids is 1. The largest absolute Gasteiger partial charge is 0.481 e. The lowest BCUT2D eigenvalue weighted by Gasteiger charge is -2.13. The van der Waals surface area contributed by atoms with E-state index in [1.807, 2.05) is 13.8 Å². The number of hydrogen-bond donors (Lipinski definition) is 2. The van der Waals surface area contributed by atoms with Crippen LogP contribution < -0.4 is 10.1 Å². The predicted octanol–water partition coefficient (Wildman–Crippen LogP) is 2.49. The summed E-state index contributed by atoms with van der Waals surface area (Å²) < 4.78 is 5.41. The third kappa shape index (κ3) is 5.42. The summed E-state index contributed by atoms with van der Waals surface area (Å²) in [4.78, 5) is 18.8. The van der Waals surface area contributed by atoms with Crippen LogP contribution in [0.5, 0.6) is 5.88 Å². The fraction of sp³-hybridized carbons (Fsp3) is 0.643. The molecule has 0 fully saturated rings. The third-order valence-electron chi connectivity index (χ3n) is 3.10. The second kappa shape index (κ2) is 8.35. The minimum absolute atomic E-state index is 0.224. The van der Waals surface area contributed by atoms with Crippen molar-refractivity contribution in [2.24, 2.45) is 5.92 Å². The number of aromatic nitrogens is 2. The highest BCUT2D eigenvalue weighted by Crippen LogP contribution is 2.20. The molecule has 2 N–H and O–H groups in total. The van der Waals surface area contributed by atoms with Crippen molar-refractivity contribution in [2.45, 2.75) is 40.0 Å². The number of ether oxygens (including phenoxy) is 1. The predicted molar refractivity (Wildman–Crippen MR) is 77.1 cm³/mol. The smallest absolute Gasteiger partial charge is 0.303 e. The minimum atomic E-state index is -0.738. The molecule has 1 aromatic rings. The zero-order valence-corrected chi connectivity index (χ0v) is 12.3. The lowest BCUT2D eigenvalue weighted by Crippen LogP contribution is -2.11. The number of hydrogen-bond acceptors (Lipinski definition) is 5. The van der Waals surface area contributed by atoms with Gasteiger partial charge in [0.15, 0.2) is 0 Å². The lowest BCUT2D eigenvalue weighted by molar-refractivity contribution is -0.137. The van der Waals surface area contributed by atoms with E-state index in [1.54, 1.807) is 0 Å². The van der Waals surface area contributed by atoms with E-state index in [2.05, 4.69) is 22.2 Å². The molecule has 20 heavy (non-hydrogen) atoms. The highest BCUT2D eigenvalue weighted by atomic mass is 16.5. The highest BCUT2D eigenvalue weighted by Gasteiger charge is 2.09. The van der Waals surface area contributed by atoms with Crippen molar-refractivity contribution >= 4 is 11.8 Å². The average Bonchev–Trinajstić information content (AvgIpc) is 2.41. The summed E-state index contributed by atoms with van der Waals surface area (Å²) in [5.41, 5.74) is 0.896. The standard InChI is InChI=1S/C14H23N3O3/c1-4-20-14-11(3)13(16-9-17-14)15-8-7-10(2)5-6-12(18)19/h9-10H,4-8H2,1-3H3,(H,18,19)(H,15,16,17). The van der Waals surface area contributed by atoms with Crippen LogP contribution in [0.15, 0.2) is 6.33 Å². The Morgan fingerprint density at radius 2 is 2.20 bits per heavy atom. The summed E-state index contributed by atoms with van der Waals surface area (Å²) in [5.74, 6) is 1.00. The molecule has 0 aliphatic heterocycles. The van der Waals surface area contributed by atoms with Gasteiger partial charge in [0, 0.05) is 13.0 Å². The van der Waals surface area contributed by atoms with E-state index >= 15 is 0 Å². The number of carboxylic acids is 1. The maximum absolute atomic E-state index is 10.5. The van der Waals surface area contributed by atoms with E-state index in [4.69, 9.17) is 9.84 Å². The van der Waals surface area contributed by atoms with Crippen LogP contribution in [0.4, 0.5) is 5.82 Å². The molecule has 1 rings (SSSR count). The summed E-state index contributed by atoms with van der Waals surface area (Å²) in [6.45, 7) is 7.22. The first kappa shape index (κ1) is 16.2. The molecule has 1 aromatic heterocycles. The van der Waals surface area contributed by atoms with Crippen LogP contribution in [-0.4, -0.2) is 34.2 Å². The van der Waals surface area contributed by atoms with Crippen molar-refractivity contribution in [2.75, 3.05) is 18.5 Å². The number of carboxylic acid groups (broad SMARTS) is 1. The Balaban J connectivity index is 2.42. The zero-order valence-electron chi connectivity index (χ0n) is 12.3. The third-order valence-corrected chi connectivity index (χ3v) is 3.10. The molecule has 1 unspecified atom stereocenters. The van der Waals surface area contributed by atoms with Gasteiger partial charge >= 0.3 is 5.97 Å². The van der Waals surface area contributed by atoms with Crippen LogP contribution in [0.3, 0.4) is 0 Å². The Bertz CT molecular complexity index is 438. The van der Waals surface area contributed by atoms with Gasteiger partial charge in [0.1, 0.15) is 12.1 Å². The molecule has 0 amide bonds. The molecular formula is C14H23N3O3. The van der Waals surface area contributed by atoms with E-state index in [0.29, 0.717) is 24.8 Å². The molecule has 0 radical (unpaired) electrons. The Morgan fingerprint density at radius 1 is 1.45 bits per heavy atom. The summed E-state index contributed by atoms with van der Waals surface area (Å²) in [7, 11) is 0. The summed E-state index contributed by atoms with van der Waals surface area (Å²) >= 11 is 0. The number of nitrogens with one attached hydrogen (secondary N) is 1. The van der Waals surface area contributed by atoms with Gasteiger partial charge in [0.05, 0.1) is 12.2 Å². The van der Waals surface area contributed by atoms with Gasteiger partial charge in [-0.25, -0.2) is 9.97 Å². The van der Waals surface area contributed by atoms with E-state index in [0.717, 1.165) is 24.3 Å². The van der Waals surface area contributed by atoms with Crippen LogP contribution in [0.1, 0.15) is 38.7 Å². The second-order valence-corrected chi connectivity index (χ2v) is 4.84. The van der Waals surface area contributed by atoms with Gasteiger partial charge in [-0.2, -0.15) is 0 Å². The quantitative estimate of drug-likeness (QED) is 0.723. The van der Waals surface area contributed by atoms with Crippen molar-refractivity contribution in [1.82, 2.24) is 9.97 Å². The van der Waals surface area contributed by atoms with E-state index in [9.17, 15) is 4.79 Å². The van der Waals surface area contributed by atoms with Crippen molar-refractivity contribution in [3.8, 4) is 5.88 Å². The topological polar surface area (TPSA) is 84.3 Å². The van der Waals surface area contributed by atoms with Crippen LogP contribution in [-0.2, 0) is 4.79 Å². The van der Waals surface area contributed by atoms with Crippen molar-refractivity contribution in [3.63, 3.8) is 0 Å². The summed E-state index contributed by atoms with van der Waals surface area (Å²) in [5, 5.41) is 11.9. The highest BCUT2D eigenvalue weighted by molar-refractivity contribution is 5.66. The Morgan fingerprint density at radius 3 is 2.85 bits per heavy atom. The molecule has 0 aromatic carbocycles. The summed E-state index contributed by atoms with van der Waals surface area (Å²) in [6.07, 6.45) is 3.31. The Labute approximate surface area is 119 Å². The fourth-order valence-electron chi connectivity index (χ4n) is 1.85. The van der Waals surface area contributed by atoms with Crippen molar-refractivity contribution < 1.29 is 14.6 Å². The maximum Gasteiger partial charge on any atom is 0.303 e. The molecule has 6 heteroatoms. The van der Waals surface area contributed by atoms with Crippen molar-refractivity contribution in [3.05, 3.63) is 11.9 Å². The summed E-state index contributed by atoms with van der Waals surface area (Å²) in [6, 6.07) is 0. The number of carbonyl (C=O) groups is 1. The number of nitrogens with zero attached hydrogens (tertiary/aromatic N) is 2. The molecule has 112 valence electrons. The van der Waals surface area contributed by atoms with Gasteiger partial charge in [-0.1, -0.05) is 6.92 Å². The van der Waals surface area contributed by atoms with Gasteiger partial charge in [0.2, 0.25) is 5.88 Å². The van der Waals surface area contributed by atoms with Crippen LogP contribution in [0.2, 0.25) is 0 Å². The molecule has 0 aliphatic carbocycles. The molecule has 0 bridgehead atoms. The Kier molecular flexibility index (Phi) is 6.76. The van der Waals surface area contributed by atoms with Gasteiger partial charge in [-0.3, -0.25) is 4.79 Å². The number of rotatable bonds is 9.